The first-order valence-corrected chi connectivity index (χ1v) is 6.06. The van der Waals surface area contributed by atoms with Crippen LogP contribution in [0.4, 0.5) is 5.69 Å². The fraction of sp³-hybridized carbons (Fsp3) is 0.385. The molecule has 0 saturated carbocycles. The number of amides is 2. The van der Waals surface area contributed by atoms with Gasteiger partial charge in [-0.1, -0.05) is 12.1 Å². The maximum Gasteiger partial charge on any atom is 0.242 e. The molecule has 4 N–H and O–H groups in total. The van der Waals surface area contributed by atoms with Crippen LogP contribution in [-0.4, -0.2) is 24.4 Å². The first kappa shape index (κ1) is 12.4. The van der Waals surface area contributed by atoms with Gasteiger partial charge >= 0.3 is 0 Å². The Morgan fingerprint density at radius 3 is 2.78 bits per heavy atom. The predicted octanol–water partition coefficient (Wildman–Crippen LogP) is 0.206. The molecule has 1 atom stereocenters. The maximum absolute atomic E-state index is 11.8. The van der Waals surface area contributed by atoms with Crippen molar-refractivity contribution in [2.75, 3.05) is 12.3 Å². The molecule has 1 aromatic carbocycles. The van der Waals surface area contributed by atoms with Gasteiger partial charge in [0.1, 0.15) is 6.04 Å². The molecule has 0 bridgehead atoms. The Bertz CT molecular complexity index is 442. The molecule has 0 radical (unpaired) electrons. The Labute approximate surface area is 106 Å². The highest BCUT2D eigenvalue weighted by Crippen LogP contribution is 2.07. The van der Waals surface area contributed by atoms with Crippen LogP contribution < -0.4 is 16.4 Å². The van der Waals surface area contributed by atoms with E-state index in [0.717, 1.165) is 12.0 Å². The zero-order valence-corrected chi connectivity index (χ0v) is 10.1. The van der Waals surface area contributed by atoms with Crippen LogP contribution >= 0.6 is 0 Å². The summed E-state index contributed by atoms with van der Waals surface area (Å²) in [4.78, 5) is 23.3. The molecule has 1 unspecified atom stereocenters. The minimum atomic E-state index is -0.389. The summed E-state index contributed by atoms with van der Waals surface area (Å²) in [5, 5.41) is 5.49. The molecule has 0 aliphatic carbocycles. The largest absolute Gasteiger partial charge is 0.399 e. The van der Waals surface area contributed by atoms with Gasteiger partial charge in [-0.25, -0.2) is 0 Å². The van der Waals surface area contributed by atoms with Crippen molar-refractivity contribution >= 4 is 17.5 Å². The quantitative estimate of drug-likeness (QED) is 0.667. The van der Waals surface area contributed by atoms with Crippen molar-refractivity contribution in [3.63, 3.8) is 0 Å². The normalized spacial score (nSPS) is 19.1. The van der Waals surface area contributed by atoms with Gasteiger partial charge in [-0.2, -0.15) is 0 Å². The van der Waals surface area contributed by atoms with Crippen molar-refractivity contribution in [1.82, 2.24) is 10.6 Å². The van der Waals surface area contributed by atoms with Gasteiger partial charge in [0.05, 0.1) is 6.42 Å². The van der Waals surface area contributed by atoms with E-state index in [-0.39, 0.29) is 24.3 Å². The lowest BCUT2D eigenvalue weighted by Gasteiger charge is -2.22. The van der Waals surface area contributed by atoms with Crippen LogP contribution in [0.5, 0.6) is 0 Å². The van der Waals surface area contributed by atoms with E-state index in [0.29, 0.717) is 18.7 Å². The molecule has 0 spiro atoms. The van der Waals surface area contributed by atoms with Crippen LogP contribution in [0.15, 0.2) is 24.3 Å². The van der Waals surface area contributed by atoms with E-state index in [1.54, 1.807) is 12.1 Å². The zero-order chi connectivity index (χ0) is 13.0. The second-order valence-electron chi connectivity index (χ2n) is 4.47. The summed E-state index contributed by atoms with van der Waals surface area (Å²) < 4.78 is 0. The number of piperidine rings is 1. The minimum absolute atomic E-state index is 0.0908. The van der Waals surface area contributed by atoms with Gasteiger partial charge in [-0.15, -0.1) is 0 Å². The smallest absolute Gasteiger partial charge is 0.242 e. The Morgan fingerprint density at radius 1 is 1.39 bits per heavy atom. The van der Waals surface area contributed by atoms with Crippen LogP contribution in [0, 0.1) is 0 Å². The number of carbonyl (C=O) groups is 2. The number of nitrogens with two attached hydrogens (primary N) is 1. The first-order valence-electron chi connectivity index (χ1n) is 6.06. The average Bonchev–Trinajstić information content (AvgIpc) is 2.35. The third kappa shape index (κ3) is 3.23. The molecule has 1 heterocycles. The summed E-state index contributed by atoms with van der Waals surface area (Å²) >= 11 is 0. The van der Waals surface area contributed by atoms with E-state index in [4.69, 9.17) is 5.73 Å². The van der Waals surface area contributed by atoms with E-state index < -0.39 is 0 Å². The van der Waals surface area contributed by atoms with Crippen LogP contribution in [0.2, 0.25) is 0 Å². The van der Waals surface area contributed by atoms with Gasteiger partial charge in [0.25, 0.3) is 0 Å². The van der Waals surface area contributed by atoms with Gasteiger partial charge in [-0.3, -0.25) is 9.59 Å². The highest BCUT2D eigenvalue weighted by molar-refractivity contribution is 5.88. The summed E-state index contributed by atoms with van der Waals surface area (Å²) in [6.07, 6.45) is 1.88. The number of hydrogen-bond acceptors (Lipinski definition) is 3. The Morgan fingerprint density at radius 2 is 2.11 bits per heavy atom. The van der Waals surface area contributed by atoms with Crippen molar-refractivity contribution in [2.24, 2.45) is 0 Å². The van der Waals surface area contributed by atoms with E-state index in [1.807, 2.05) is 12.1 Å². The Hall–Kier alpha value is -2.04. The van der Waals surface area contributed by atoms with E-state index in [9.17, 15) is 9.59 Å². The molecule has 5 heteroatoms. The number of nitrogens with one attached hydrogen (secondary N) is 2. The first-order chi connectivity index (χ1) is 8.65. The molecule has 1 aliphatic rings. The molecule has 0 aromatic heterocycles. The third-order valence-corrected chi connectivity index (χ3v) is 2.96. The fourth-order valence-corrected chi connectivity index (χ4v) is 1.98. The molecular weight excluding hydrogens is 230 g/mol. The number of anilines is 1. The van der Waals surface area contributed by atoms with Crippen molar-refractivity contribution in [3.8, 4) is 0 Å². The van der Waals surface area contributed by atoms with Gasteiger partial charge in [-0.05, 0) is 30.5 Å². The molecule has 1 saturated heterocycles. The van der Waals surface area contributed by atoms with E-state index in [1.165, 1.54) is 0 Å². The summed E-state index contributed by atoms with van der Waals surface area (Å²) in [5.74, 6) is -0.228. The van der Waals surface area contributed by atoms with Gasteiger partial charge < -0.3 is 16.4 Å². The average molecular weight is 247 g/mol. The second kappa shape index (κ2) is 5.53. The number of nitrogen functional groups attached to an aromatic ring is 1. The van der Waals surface area contributed by atoms with Crippen molar-refractivity contribution in [3.05, 3.63) is 29.8 Å². The highest BCUT2D eigenvalue weighted by atomic mass is 16.2. The van der Waals surface area contributed by atoms with E-state index in [2.05, 4.69) is 10.6 Å². The molecule has 96 valence electrons. The monoisotopic (exact) mass is 247 g/mol. The fourth-order valence-electron chi connectivity index (χ4n) is 1.98. The van der Waals surface area contributed by atoms with Crippen LogP contribution in [0.3, 0.4) is 0 Å². The highest BCUT2D eigenvalue weighted by Gasteiger charge is 2.23. The Kier molecular flexibility index (Phi) is 3.82. The Balaban J connectivity index is 1.88. The molecule has 5 nitrogen and oxygen atoms in total. The molecule has 18 heavy (non-hydrogen) atoms. The van der Waals surface area contributed by atoms with E-state index >= 15 is 0 Å². The molecule has 1 fully saturated rings. The third-order valence-electron chi connectivity index (χ3n) is 2.96. The number of rotatable bonds is 3. The van der Waals surface area contributed by atoms with Crippen LogP contribution in [0.25, 0.3) is 0 Å². The standard InChI is InChI=1S/C13H17N3O2/c14-10-5-3-9(4-6-10)8-12(17)16-11-2-1-7-15-13(11)18/h3-6,11H,1-2,7-8,14H2,(H,15,18)(H,16,17). The lowest BCUT2D eigenvalue weighted by molar-refractivity contribution is -0.129. The lowest BCUT2D eigenvalue weighted by atomic mass is 10.1. The summed E-state index contributed by atoms with van der Waals surface area (Å²) in [7, 11) is 0. The van der Waals surface area contributed by atoms with Crippen LogP contribution in [-0.2, 0) is 16.0 Å². The van der Waals surface area contributed by atoms with Gasteiger partial charge in [0.15, 0.2) is 0 Å². The lowest BCUT2D eigenvalue weighted by Crippen LogP contribution is -2.50. The SMILES string of the molecule is Nc1ccc(CC(=O)NC2CCCNC2=O)cc1. The van der Waals surface area contributed by atoms with Crippen molar-refractivity contribution in [2.45, 2.75) is 25.3 Å². The predicted molar refractivity (Wildman–Crippen MR) is 68.7 cm³/mol. The summed E-state index contributed by atoms with van der Waals surface area (Å²) in [5.41, 5.74) is 7.13. The minimum Gasteiger partial charge on any atom is -0.399 e. The molecule has 2 amide bonds. The van der Waals surface area contributed by atoms with Gasteiger partial charge in [0.2, 0.25) is 11.8 Å². The molecule has 2 rings (SSSR count). The maximum atomic E-state index is 11.8. The summed E-state index contributed by atoms with van der Waals surface area (Å²) in [6.45, 7) is 0.698. The number of hydrogen-bond donors (Lipinski definition) is 3. The molecule has 1 aliphatic heterocycles. The topological polar surface area (TPSA) is 84.2 Å². The zero-order valence-electron chi connectivity index (χ0n) is 10.1. The van der Waals surface area contributed by atoms with Gasteiger partial charge in [0, 0.05) is 12.2 Å². The van der Waals surface area contributed by atoms with Crippen molar-refractivity contribution in [1.29, 1.82) is 0 Å². The van der Waals surface area contributed by atoms with Crippen molar-refractivity contribution < 1.29 is 9.59 Å². The number of carbonyl (C=O) groups excluding carboxylic acids is 2. The molecular formula is C13H17N3O2. The van der Waals surface area contributed by atoms with Crippen LogP contribution in [0.1, 0.15) is 18.4 Å². The number of benzene rings is 1. The molecule has 1 aromatic rings. The summed E-state index contributed by atoms with van der Waals surface area (Å²) in [6, 6.07) is 6.76. The second-order valence-corrected chi connectivity index (χ2v) is 4.47.